The molecule has 0 aliphatic carbocycles. The van der Waals surface area contributed by atoms with Crippen molar-refractivity contribution in [2.45, 2.75) is 117 Å². The van der Waals surface area contributed by atoms with Crippen LogP contribution in [0.25, 0.3) is 0 Å². The van der Waals surface area contributed by atoms with Crippen LogP contribution in [0.15, 0.2) is 54.6 Å². The first-order chi connectivity index (χ1) is 20.1. The smallest absolute Gasteiger partial charge is 0.408 e. The SMILES string of the molecule is CCCCCCCCN(C(=O)C(Cc1ccccc1)NC(=O)OC(C)(C)C)C(C(=O)NCCCC)c1ccccc1C. The second-order valence-electron chi connectivity index (χ2n) is 12.1. The number of carbonyl (C=O) groups is 3. The molecule has 0 heterocycles. The van der Waals surface area contributed by atoms with Gasteiger partial charge in [0.2, 0.25) is 11.8 Å². The molecule has 0 saturated heterocycles. The molecule has 0 aromatic heterocycles. The highest BCUT2D eigenvalue weighted by Crippen LogP contribution is 2.27. The Morgan fingerprint density at radius 1 is 0.833 bits per heavy atom. The van der Waals surface area contributed by atoms with Crippen LogP contribution in [0.3, 0.4) is 0 Å². The Labute approximate surface area is 253 Å². The number of rotatable bonds is 17. The minimum absolute atomic E-state index is 0.201. The van der Waals surface area contributed by atoms with E-state index in [9.17, 15) is 14.4 Å². The summed E-state index contributed by atoms with van der Waals surface area (Å²) in [4.78, 5) is 43.1. The first-order valence-electron chi connectivity index (χ1n) is 15.7. The maximum Gasteiger partial charge on any atom is 0.408 e. The Morgan fingerprint density at radius 3 is 2.10 bits per heavy atom. The summed E-state index contributed by atoms with van der Waals surface area (Å²) in [6.07, 6.45) is 7.75. The minimum atomic E-state index is -0.905. The van der Waals surface area contributed by atoms with Gasteiger partial charge in [-0.2, -0.15) is 0 Å². The molecule has 0 saturated carbocycles. The van der Waals surface area contributed by atoms with Crippen LogP contribution < -0.4 is 10.6 Å². The number of amides is 3. The van der Waals surface area contributed by atoms with Crippen LogP contribution in [0.1, 0.15) is 109 Å². The highest BCUT2D eigenvalue weighted by molar-refractivity contribution is 5.92. The topological polar surface area (TPSA) is 87.7 Å². The van der Waals surface area contributed by atoms with E-state index in [4.69, 9.17) is 4.74 Å². The third-order valence-corrected chi connectivity index (χ3v) is 7.18. The van der Waals surface area contributed by atoms with Crippen LogP contribution in [0.5, 0.6) is 0 Å². The second kappa shape index (κ2) is 18.2. The van der Waals surface area contributed by atoms with Crippen molar-refractivity contribution in [3.63, 3.8) is 0 Å². The Hall–Kier alpha value is -3.35. The molecule has 7 nitrogen and oxygen atoms in total. The second-order valence-corrected chi connectivity index (χ2v) is 12.1. The van der Waals surface area contributed by atoms with Gasteiger partial charge >= 0.3 is 6.09 Å². The van der Waals surface area contributed by atoms with Crippen molar-refractivity contribution in [3.8, 4) is 0 Å². The molecule has 2 N–H and O–H groups in total. The summed E-state index contributed by atoms with van der Waals surface area (Å²) in [5.41, 5.74) is 1.92. The maximum absolute atomic E-state index is 14.6. The average molecular weight is 580 g/mol. The number of carbonyl (C=O) groups excluding carboxylic acids is 3. The van der Waals surface area contributed by atoms with Crippen molar-refractivity contribution < 1.29 is 19.1 Å². The summed E-state index contributed by atoms with van der Waals surface area (Å²) in [5.74, 6) is -0.495. The number of ether oxygens (including phenoxy) is 1. The molecular formula is C35H53N3O4. The fourth-order valence-electron chi connectivity index (χ4n) is 4.96. The fraction of sp³-hybridized carbons (Fsp3) is 0.571. The summed E-state index contributed by atoms with van der Waals surface area (Å²) in [7, 11) is 0. The van der Waals surface area contributed by atoms with Crippen molar-refractivity contribution in [2.75, 3.05) is 13.1 Å². The van der Waals surface area contributed by atoms with Crippen molar-refractivity contribution in [1.82, 2.24) is 15.5 Å². The van der Waals surface area contributed by atoms with Gasteiger partial charge in [0, 0.05) is 19.5 Å². The van der Waals surface area contributed by atoms with Gasteiger partial charge < -0.3 is 20.3 Å². The molecule has 232 valence electrons. The maximum atomic E-state index is 14.6. The molecule has 42 heavy (non-hydrogen) atoms. The predicted molar refractivity (Wildman–Crippen MR) is 170 cm³/mol. The number of nitrogens with one attached hydrogen (secondary N) is 2. The van der Waals surface area contributed by atoms with E-state index in [2.05, 4.69) is 24.5 Å². The van der Waals surface area contributed by atoms with Gasteiger partial charge in [-0.1, -0.05) is 107 Å². The monoisotopic (exact) mass is 579 g/mol. The molecule has 0 spiro atoms. The molecule has 0 aliphatic rings. The molecule has 0 fully saturated rings. The molecular weight excluding hydrogens is 526 g/mol. The summed E-state index contributed by atoms with van der Waals surface area (Å²) < 4.78 is 5.55. The summed E-state index contributed by atoms with van der Waals surface area (Å²) in [6, 6.07) is 15.6. The first-order valence-corrected chi connectivity index (χ1v) is 15.7. The number of hydrogen-bond donors (Lipinski definition) is 2. The number of aryl methyl sites for hydroxylation is 1. The van der Waals surface area contributed by atoms with Gasteiger partial charge in [0.25, 0.3) is 0 Å². The average Bonchev–Trinajstić information content (AvgIpc) is 2.94. The zero-order valence-corrected chi connectivity index (χ0v) is 26.7. The highest BCUT2D eigenvalue weighted by atomic mass is 16.6. The summed E-state index contributed by atoms with van der Waals surface area (Å²) >= 11 is 0. The zero-order valence-electron chi connectivity index (χ0n) is 26.7. The van der Waals surface area contributed by atoms with E-state index in [1.807, 2.05) is 61.5 Å². The van der Waals surface area contributed by atoms with Gasteiger partial charge in [-0.3, -0.25) is 9.59 Å². The van der Waals surface area contributed by atoms with E-state index in [1.54, 1.807) is 25.7 Å². The van der Waals surface area contributed by atoms with E-state index in [0.29, 0.717) is 13.1 Å². The summed E-state index contributed by atoms with van der Waals surface area (Å²) in [5, 5.41) is 5.93. The number of unbranched alkanes of at least 4 members (excludes halogenated alkanes) is 6. The van der Waals surface area contributed by atoms with Gasteiger partial charge in [0.05, 0.1) is 0 Å². The standard InChI is InChI=1S/C35H53N3O4/c1-7-9-11-12-13-19-25-38(31(32(39)36-24-10-8-2)29-23-18-17-20-27(29)3)33(40)30(26-28-21-15-14-16-22-28)37-34(41)42-35(4,5)6/h14-18,20-23,30-31H,7-13,19,24-26H2,1-6H3,(H,36,39)(H,37,41). The third kappa shape index (κ3) is 12.3. The molecule has 2 unspecified atom stereocenters. The molecule has 0 radical (unpaired) electrons. The van der Waals surface area contributed by atoms with E-state index >= 15 is 0 Å². The molecule has 0 bridgehead atoms. The lowest BCUT2D eigenvalue weighted by Gasteiger charge is -2.35. The molecule has 2 aromatic carbocycles. The van der Waals surface area contributed by atoms with Crippen molar-refractivity contribution >= 4 is 17.9 Å². The van der Waals surface area contributed by atoms with Crippen LogP contribution in [0, 0.1) is 6.92 Å². The Bertz CT molecular complexity index is 1100. The third-order valence-electron chi connectivity index (χ3n) is 7.18. The normalized spacial score (nSPS) is 12.7. The molecule has 2 rings (SSSR count). The molecule has 7 heteroatoms. The lowest BCUT2D eigenvalue weighted by atomic mass is 9.96. The minimum Gasteiger partial charge on any atom is -0.444 e. The van der Waals surface area contributed by atoms with Crippen LogP contribution in [-0.2, 0) is 20.7 Å². The van der Waals surface area contributed by atoms with Crippen molar-refractivity contribution in [3.05, 3.63) is 71.3 Å². The lowest BCUT2D eigenvalue weighted by molar-refractivity contribution is -0.142. The summed E-state index contributed by atoms with van der Waals surface area (Å²) in [6.45, 7) is 12.6. The predicted octanol–water partition coefficient (Wildman–Crippen LogP) is 7.28. The van der Waals surface area contributed by atoms with Gasteiger partial charge in [0.1, 0.15) is 17.7 Å². The molecule has 0 aliphatic heterocycles. The van der Waals surface area contributed by atoms with Gasteiger partial charge in [0.15, 0.2) is 0 Å². The zero-order chi connectivity index (χ0) is 31.0. The van der Waals surface area contributed by atoms with Crippen LogP contribution in [0.4, 0.5) is 4.79 Å². The largest absolute Gasteiger partial charge is 0.444 e. The fourth-order valence-corrected chi connectivity index (χ4v) is 4.96. The van der Waals surface area contributed by atoms with Crippen molar-refractivity contribution in [1.29, 1.82) is 0 Å². The molecule has 3 amide bonds. The molecule has 2 atom stereocenters. The van der Waals surface area contributed by atoms with Gasteiger partial charge in [-0.05, 0) is 57.2 Å². The van der Waals surface area contributed by atoms with Crippen LogP contribution in [0.2, 0.25) is 0 Å². The number of nitrogens with zero attached hydrogens (tertiary/aromatic N) is 1. The van der Waals surface area contributed by atoms with E-state index in [1.165, 1.54) is 6.42 Å². The van der Waals surface area contributed by atoms with Gasteiger partial charge in [-0.25, -0.2) is 4.79 Å². The van der Waals surface area contributed by atoms with E-state index in [0.717, 1.165) is 61.6 Å². The highest BCUT2D eigenvalue weighted by Gasteiger charge is 2.36. The Morgan fingerprint density at radius 2 is 1.45 bits per heavy atom. The van der Waals surface area contributed by atoms with Crippen molar-refractivity contribution in [2.24, 2.45) is 0 Å². The Balaban J connectivity index is 2.50. The van der Waals surface area contributed by atoms with Gasteiger partial charge in [-0.15, -0.1) is 0 Å². The van der Waals surface area contributed by atoms with E-state index in [-0.39, 0.29) is 18.2 Å². The lowest BCUT2D eigenvalue weighted by Crippen LogP contribution is -2.54. The molecule has 2 aromatic rings. The first kappa shape index (κ1) is 34.8. The number of alkyl carbamates (subject to hydrolysis) is 1. The Kier molecular flexibility index (Phi) is 15.1. The van der Waals surface area contributed by atoms with Crippen LogP contribution in [-0.4, -0.2) is 47.5 Å². The number of hydrogen-bond acceptors (Lipinski definition) is 4. The van der Waals surface area contributed by atoms with Crippen LogP contribution >= 0.6 is 0 Å². The number of benzene rings is 2. The van der Waals surface area contributed by atoms with E-state index < -0.39 is 23.8 Å². The quantitative estimate of drug-likeness (QED) is 0.193.